The van der Waals surface area contributed by atoms with Crippen molar-refractivity contribution < 1.29 is 14.3 Å². The number of methoxy groups -OCH3 is 1. The zero-order valence-corrected chi connectivity index (χ0v) is 17.8. The Morgan fingerprint density at radius 1 is 1.00 bits per heavy atom. The monoisotopic (exact) mass is 431 g/mol. The van der Waals surface area contributed by atoms with Crippen molar-refractivity contribution in [3.05, 3.63) is 66.2 Å². The van der Waals surface area contributed by atoms with E-state index in [1.165, 1.54) is 0 Å². The van der Waals surface area contributed by atoms with Gasteiger partial charge in [-0.25, -0.2) is 0 Å². The van der Waals surface area contributed by atoms with Crippen molar-refractivity contribution in [1.82, 2.24) is 10.2 Å². The number of hydrogen-bond acceptors (Lipinski definition) is 6. The Morgan fingerprint density at radius 3 is 2.41 bits per heavy atom. The van der Waals surface area contributed by atoms with Gasteiger partial charge in [-0.05, 0) is 49.2 Å². The lowest BCUT2D eigenvalue weighted by Crippen LogP contribution is -2.38. The van der Waals surface area contributed by atoms with Gasteiger partial charge in [0.25, 0.3) is 5.91 Å². The van der Waals surface area contributed by atoms with Crippen LogP contribution in [0.25, 0.3) is 11.3 Å². The molecule has 2 amide bonds. The van der Waals surface area contributed by atoms with Crippen LogP contribution in [0.15, 0.2) is 60.7 Å². The summed E-state index contributed by atoms with van der Waals surface area (Å²) in [6.07, 6.45) is 1.36. The van der Waals surface area contributed by atoms with Gasteiger partial charge in [-0.1, -0.05) is 24.3 Å². The number of amides is 2. The van der Waals surface area contributed by atoms with Crippen molar-refractivity contribution in [2.75, 3.05) is 30.4 Å². The highest BCUT2D eigenvalue weighted by atomic mass is 16.5. The van der Waals surface area contributed by atoms with E-state index in [1.807, 2.05) is 36.4 Å². The van der Waals surface area contributed by atoms with Gasteiger partial charge < -0.3 is 20.7 Å². The van der Waals surface area contributed by atoms with E-state index in [-0.39, 0.29) is 11.8 Å². The van der Waals surface area contributed by atoms with Crippen molar-refractivity contribution in [2.45, 2.75) is 12.8 Å². The molecule has 1 aliphatic heterocycles. The van der Waals surface area contributed by atoms with E-state index >= 15 is 0 Å². The van der Waals surface area contributed by atoms with Crippen LogP contribution < -0.4 is 20.7 Å². The second kappa shape index (κ2) is 9.47. The fraction of sp³-hybridized carbons (Fsp3) is 0.250. The summed E-state index contributed by atoms with van der Waals surface area (Å²) < 4.78 is 5.40. The Labute approximate surface area is 186 Å². The molecule has 2 aromatic carbocycles. The summed E-state index contributed by atoms with van der Waals surface area (Å²) in [6.45, 7) is 1.39. The normalized spacial score (nSPS) is 14.1. The van der Waals surface area contributed by atoms with Gasteiger partial charge in [0.2, 0.25) is 5.91 Å². The molecule has 2 heterocycles. The molecule has 8 heteroatoms. The maximum Gasteiger partial charge on any atom is 0.250 e. The predicted molar refractivity (Wildman–Crippen MR) is 123 cm³/mol. The summed E-state index contributed by atoms with van der Waals surface area (Å²) in [5, 5.41) is 11.6. The second-order valence-corrected chi connectivity index (χ2v) is 7.64. The van der Waals surface area contributed by atoms with Crippen LogP contribution in [0.2, 0.25) is 0 Å². The molecule has 0 spiro atoms. The van der Waals surface area contributed by atoms with Gasteiger partial charge in [0, 0.05) is 24.6 Å². The molecule has 0 atom stereocenters. The van der Waals surface area contributed by atoms with Crippen molar-refractivity contribution in [3.8, 4) is 17.0 Å². The highest BCUT2D eigenvalue weighted by Crippen LogP contribution is 2.29. The number of benzene rings is 2. The predicted octanol–water partition coefficient (Wildman–Crippen LogP) is 3.11. The first-order valence-electron chi connectivity index (χ1n) is 10.5. The third kappa shape index (κ3) is 4.54. The van der Waals surface area contributed by atoms with Crippen LogP contribution in [0.4, 0.5) is 11.5 Å². The topological polar surface area (TPSA) is 110 Å². The lowest BCUT2D eigenvalue weighted by molar-refractivity contribution is -0.120. The average Bonchev–Trinajstić information content (AvgIpc) is 2.84. The Hall–Kier alpha value is -3.94. The summed E-state index contributed by atoms with van der Waals surface area (Å²) in [6, 6.07) is 18.3. The van der Waals surface area contributed by atoms with Crippen molar-refractivity contribution >= 4 is 23.3 Å². The molecule has 32 heavy (non-hydrogen) atoms. The van der Waals surface area contributed by atoms with Gasteiger partial charge in [0.05, 0.1) is 24.1 Å². The van der Waals surface area contributed by atoms with Crippen LogP contribution >= 0.6 is 0 Å². The number of para-hydroxylation sites is 2. The van der Waals surface area contributed by atoms with E-state index in [1.54, 1.807) is 31.4 Å². The van der Waals surface area contributed by atoms with Crippen molar-refractivity contribution in [3.63, 3.8) is 0 Å². The third-order valence-electron chi connectivity index (χ3n) is 5.67. The molecular weight excluding hydrogens is 406 g/mol. The number of carbonyl (C=O) groups is 2. The zero-order valence-electron chi connectivity index (χ0n) is 17.8. The van der Waals surface area contributed by atoms with Gasteiger partial charge in [0.15, 0.2) is 5.82 Å². The molecular formula is C24H25N5O3. The first-order chi connectivity index (χ1) is 15.6. The minimum absolute atomic E-state index is 0.101. The average molecular weight is 431 g/mol. The molecule has 8 nitrogen and oxygen atoms in total. The minimum Gasteiger partial charge on any atom is -0.496 e. The van der Waals surface area contributed by atoms with Gasteiger partial charge in [-0.2, -0.15) is 0 Å². The van der Waals surface area contributed by atoms with Crippen LogP contribution in [-0.4, -0.2) is 42.2 Å². The molecule has 0 aliphatic carbocycles. The molecule has 3 aromatic rings. The van der Waals surface area contributed by atoms with Crippen LogP contribution in [0.3, 0.4) is 0 Å². The summed E-state index contributed by atoms with van der Waals surface area (Å²) in [4.78, 5) is 26.4. The number of aromatic nitrogens is 2. The number of anilines is 2. The number of carbonyl (C=O) groups excluding carboxylic acids is 2. The fourth-order valence-corrected chi connectivity index (χ4v) is 3.91. The zero-order chi connectivity index (χ0) is 22.5. The highest BCUT2D eigenvalue weighted by molar-refractivity contribution is 6.03. The smallest absolute Gasteiger partial charge is 0.250 e. The fourth-order valence-electron chi connectivity index (χ4n) is 3.91. The van der Waals surface area contributed by atoms with E-state index < -0.39 is 5.91 Å². The number of piperidine rings is 1. The molecule has 1 aromatic heterocycles. The Kier molecular flexibility index (Phi) is 6.30. The van der Waals surface area contributed by atoms with Crippen molar-refractivity contribution in [1.29, 1.82) is 0 Å². The molecule has 164 valence electrons. The molecule has 1 aliphatic rings. The van der Waals surface area contributed by atoms with Gasteiger partial charge in [0.1, 0.15) is 5.75 Å². The first-order valence-corrected chi connectivity index (χ1v) is 10.5. The number of rotatable bonds is 6. The number of primary amides is 1. The lowest BCUT2D eigenvalue weighted by atomic mass is 9.95. The summed E-state index contributed by atoms with van der Waals surface area (Å²) in [5.74, 6) is 0.718. The first kappa shape index (κ1) is 21.3. The van der Waals surface area contributed by atoms with E-state index in [4.69, 9.17) is 10.5 Å². The molecule has 0 bridgehead atoms. The van der Waals surface area contributed by atoms with Gasteiger partial charge in [-0.3, -0.25) is 9.59 Å². The van der Waals surface area contributed by atoms with E-state index in [9.17, 15) is 9.59 Å². The molecule has 4 rings (SSSR count). The van der Waals surface area contributed by atoms with Crippen LogP contribution in [0.5, 0.6) is 5.75 Å². The Balaban J connectivity index is 1.38. The largest absolute Gasteiger partial charge is 0.496 e. The molecule has 1 saturated heterocycles. The standard InChI is InChI=1S/C24H25N5O3/c1-32-21-9-5-3-6-17(21)20-10-11-22(28-27-20)29-14-12-16(13-15-29)24(31)26-19-8-4-2-7-18(19)23(25)30/h2-11,16H,12-15H2,1H3,(H2,25,30)(H,26,31). The lowest BCUT2D eigenvalue weighted by Gasteiger charge is -2.32. The Morgan fingerprint density at radius 2 is 1.72 bits per heavy atom. The van der Waals surface area contributed by atoms with Crippen LogP contribution in [0.1, 0.15) is 23.2 Å². The minimum atomic E-state index is -0.564. The molecule has 1 fully saturated rings. The maximum absolute atomic E-state index is 12.7. The number of nitrogens with zero attached hydrogens (tertiary/aromatic N) is 3. The quantitative estimate of drug-likeness (QED) is 0.621. The molecule has 0 unspecified atom stereocenters. The maximum atomic E-state index is 12.7. The molecule has 3 N–H and O–H groups in total. The van der Waals surface area contributed by atoms with E-state index in [0.717, 1.165) is 22.8 Å². The number of ether oxygens (including phenoxy) is 1. The second-order valence-electron chi connectivity index (χ2n) is 7.64. The van der Waals surface area contributed by atoms with E-state index in [2.05, 4.69) is 20.4 Å². The number of nitrogens with one attached hydrogen (secondary N) is 1. The Bertz CT molecular complexity index is 1110. The SMILES string of the molecule is COc1ccccc1-c1ccc(N2CCC(C(=O)Nc3ccccc3C(N)=O)CC2)nn1. The summed E-state index contributed by atoms with van der Waals surface area (Å²) in [7, 11) is 1.63. The van der Waals surface area contributed by atoms with Crippen LogP contribution in [0, 0.1) is 5.92 Å². The molecule has 0 saturated carbocycles. The van der Waals surface area contributed by atoms with E-state index in [0.29, 0.717) is 37.2 Å². The van der Waals surface area contributed by atoms with Gasteiger partial charge in [-0.15, -0.1) is 10.2 Å². The number of nitrogens with two attached hydrogens (primary N) is 1. The number of hydrogen-bond donors (Lipinski definition) is 2. The highest BCUT2D eigenvalue weighted by Gasteiger charge is 2.26. The third-order valence-corrected chi connectivity index (χ3v) is 5.67. The van der Waals surface area contributed by atoms with Crippen LogP contribution in [-0.2, 0) is 4.79 Å². The summed E-state index contributed by atoms with van der Waals surface area (Å²) >= 11 is 0. The molecule has 0 radical (unpaired) electrons. The van der Waals surface area contributed by atoms with Crippen molar-refractivity contribution in [2.24, 2.45) is 11.7 Å². The summed E-state index contributed by atoms with van der Waals surface area (Å²) in [5.41, 5.74) is 7.79. The van der Waals surface area contributed by atoms with Gasteiger partial charge >= 0.3 is 0 Å².